The van der Waals surface area contributed by atoms with Crippen molar-refractivity contribution in [2.75, 3.05) is 5.75 Å². The molecule has 0 radical (unpaired) electrons. The lowest BCUT2D eigenvalue weighted by Gasteiger charge is -2.38. The molecule has 10 nitrogen and oxygen atoms in total. The second kappa shape index (κ2) is 10.5. The van der Waals surface area contributed by atoms with Gasteiger partial charge in [-0.05, 0) is 41.0 Å². The highest BCUT2D eigenvalue weighted by Crippen LogP contribution is 2.57. The Kier molecular flexibility index (Phi) is 7.06. The van der Waals surface area contributed by atoms with E-state index >= 15 is 0 Å². The number of hydrogen-bond acceptors (Lipinski definition) is 8. The van der Waals surface area contributed by atoms with Crippen LogP contribution in [0.25, 0.3) is 5.57 Å². The van der Waals surface area contributed by atoms with Gasteiger partial charge in [0.05, 0.1) is 15.5 Å². The van der Waals surface area contributed by atoms with E-state index < -0.39 is 68.6 Å². The summed E-state index contributed by atoms with van der Waals surface area (Å²) in [5.41, 5.74) is -2.56. The standard InChI is InChI=1S/C31H24N2O8S3/c34-29-31(27(23-13-5-1-6-14-23)21-42(36,37)22-28(31)24-15-7-2-8-16-24)30(35)33(44(40,41)26-19-11-4-12-20-26)32(29)43(38,39)25-17-9-3-10-18-25/h1-21,28H,22H2. The Morgan fingerprint density at radius 2 is 0.977 bits per heavy atom. The van der Waals surface area contributed by atoms with Gasteiger partial charge in [0.25, 0.3) is 31.9 Å². The number of amides is 2. The Hall–Kier alpha value is -4.59. The van der Waals surface area contributed by atoms with Crippen LogP contribution in [-0.2, 0) is 39.5 Å². The van der Waals surface area contributed by atoms with Crippen LogP contribution >= 0.6 is 0 Å². The molecule has 2 amide bonds. The number of carbonyl (C=O) groups is 2. The molecule has 2 heterocycles. The molecule has 0 aliphatic carbocycles. The summed E-state index contributed by atoms with van der Waals surface area (Å²) in [7, 11) is -14.2. The van der Waals surface area contributed by atoms with E-state index in [9.17, 15) is 34.8 Å². The van der Waals surface area contributed by atoms with Crippen molar-refractivity contribution < 1.29 is 34.8 Å². The number of benzene rings is 4. The highest BCUT2D eigenvalue weighted by molar-refractivity contribution is 7.94. The average molecular weight is 649 g/mol. The fourth-order valence-electron chi connectivity index (χ4n) is 5.70. The third kappa shape index (κ3) is 4.46. The Morgan fingerprint density at radius 3 is 1.41 bits per heavy atom. The van der Waals surface area contributed by atoms with Crippen molar-refractivity contribution >= 4 is 47.3 Å². The van der Waals surface area contributed by atoms with Crippen molar-refractivity contribution in [3.8, 4) is 0 Å². The van der Waals surface area contributed by atoms with Crippen LogP contribution in [0, 0.1) is 5.41 Å². The maximum atomic E-state index is 15.0. The highest BCUT2D eigenvalue weighted by Gasteiger charge is 2.71. The molecule has 1 unspecified atom stereocenters. The van der Waals surface area contributed by atoms with Gasteiger partial charge in [-0.1, -0.05) is 97.1 Å². The molecule has 4 aromatic rings. The van der Waals surface area contributed by atoms with Crippen LogP contribution in [0.1, 0.15) is 17.0 Å². The smallest absolute Gasteiger partial charge is 0.270 e. The van der Waals surface area contributed by atoms with Crippen molar-refractivity contribution in [3.63, 3.8) is 0 Å². The molecule has 6 rings (SSSR count). The molecule has 2 aliphatic heterocycles. The summed E-state index contributed by atoms with van der Waals surface area (Å²) in [6.45, 7) is 0. The summed E-state index contributed by atoms with van der Waals surface area (Å²) in [6, 6.07) is 28.8. The van der Waals surface area contributed by atoms with Crippen molar-refractivity contribution in [2.45, 2.75) is 15.7 Å². The van der Waals surface area contributed by atoms with Crippen molar-refractivity contribution in [3.05, 3.63) is 138 Å². The number of hydrogen-bond donors (Lipinski definition) is 0. The van der Waals surface area contributed by atoms with Gasteiger partial charge in [0.1, 0.15) is 0 Å². The van der Waals surface area contributed by atoms with Gasteiger partial charge >= 0.3 is 0 Å². The van der Waals surface area contributed by atoms with E-state index in [1.807, 2.05) is 0 Å². The van der Waals surface area contributed by atoms with Crippen molar-refractivity contribution in [1.29, 1.82) is 0 Å². The summed E-state index contributed by atoms with van der Waals surface area (Å²) in [5.74, 6) is -5.07. The Bertz CT molecular complexity index is 2030. The highest BCUT2D eigenvalue weighted by atomic mass is 32.2. The fourth-order valence-corrected chi connectivity index (χ4v) is 10.6. The zero-order valence-corrected chi connectivity index (χ0v) is 25.2. The molecule has 0 bridgehead atoms. The van der Waals surface area contributed by atoms with Crippen LogP contribution in [-0.4, -0.2) is 51.6 Å². The molecular formula is C31H24N2O8S3. The summed E-state index contributed by atoms with van der Waals surface area (Å²) in [5, 5.41) is 0.781. The van der Waals surface area contributed by atoms with E-state index in [0.29, 0.717) is 0 Å². The lowest BCUT2D eigenvalue weighted by atomic mass is 9.65. The average Bonchev–Trinajstić information content (AvgIpc) is 3.27. The predicted molar refractivity (Wildman–Crippen MR) is 161 cm³/mol. The number of sulfone groups is 1. The van der Waals surface area contributed by atoms with Crippen LogP contribution in [0.2, 0.25) is 0 Å². The first-order valence-corrected chi connectivity index (χ1v) is 17.9. The molecule has 44 heavy (non-hydrogen) atoms. The molecule has 0 aromatic heterocycles. The maximum absolute atomic E-state index is 15.0. The maximum Gasteiger partial charge on any atom is 0.285 e. The Balaban J connectivity index is 1.73. The second-order valence-electron chi connectivity index (χ2n) is 10.2. The lowest BCUT2D eigenvalue weighted by Crippen LogP contribution is -2.48. The topological polar surface area (TPSA) is 143 Å². The zero-order chi connectivity index (χ0) is 31.3. The van der Waals surface area contributed by atoms with Crippen LogP contribution in [0.5, 0.6) is 0 Å². The summed E-state index contributed by atoms with van der Waals surface area (Å²) < 4.78 is 83.7. The molecule has 1 atom stereocenters. The second-order valence-corrected chi connectivity index (χ2v) is 15.7. The minimum absolute atomic E-state index is 0.0162. The van der Waals surface area contributed by atoms with Gasteiger partial charge in [-0.15, -0.1) is 8.83 Å². The molecule has 0 N–H and O–H groups in total. The monoisotopic (exact) mass is 648 g/mol. The molecule has 2 aliphatic rings. The minimum Gasteiger partial charge on any atom is -0.270 e. The quantitative estimate of drug-likeness (QED) is 0.289. The molecule has 224 valence electrons. The molecule has 1 fully saturated rings. The molecule has 0 saturated carbocycles. The molecule has 13 heteroatoms. The van der Waals surface area contributed by atoms with Crippen LogP contribution in [0.4, 0.5) is 0 Å². The number of hydrazine groups is 1. The van der Waals surface area contributed by atoms with Crippen molar-refractivity contribution in [1.82, 2.24) is 8.83 Å². The summed E-state index contributed by atoms with van der Waals surface area (Å²) in [6.07, 6.45) is 0. The van der Waals surface area contributed by atoms with Gasteiger partial charge in [0.2, 0.25) is 0 Å². The molecular weight excluding hydrogens is 625 g/mol. The van der Waals surface area contributed by atoms with E-state index in [-0.39, 0.29) is 25.5 Å². The third-order valence-corrected chi connectivity index (χ3v) is 12.5. The number of nitrogens with zero attached hydrogens (tertiary/aromatic N) is 2. The molecule has 1 spiro atoms. The fraction of sp³-hybridized carbons (Fsp3) is 0.0968. The summed E-state index contributed by atoms with van der Waals surface area (Å²) >= 11 is 0. The van der Waals surface area contributed by atoms with Gasteiger partial charge in [-0.2, -0.15) is 16.8 Å². The SMILES string of the molecule is O=C1N(S(=O)(=O)c2ccccc2)N(S(=O)(=O)c2ccccc2)C(=O)C12C(c1ccccc1)=CS(=O)(=O)CC2c1ccccc1. The van der Waals surface area contributed by atoms with Crippen molar-refractivity contribution in [2.24, 2.45) is 5.41 Å². The van der Waals surface area contributed by atoms with Gasteiger partial charge in [-0.25, -0.2) is 8.42 Å². The number of carbonyl (C=O) groups excluding carboxylic acids is 2. The molecule has 1 saturated heterocycles. The van der Waals surface area contributed by atoms with Gasteiger partial charge < -0.3 is 0 Å². The normalized spacial score (nSPS) is 19.6. The van der Waals surface area contributed by atoms with Crippen LogP contribution in [0.15, 0.2) is 137 Å². The van der Waals surface area contributed by atoms with E-state index in [1.165, 1.54) is 84.9 Å². The Morgan fingerprint density at radius 1 is 0.591 bits per heavy atom. The van der Waals surface area contributed by atoms with Crippen LogP contribution in [0.3, 0.4) is 0 Å². The van der Waals surface area contributed by atoms with Gasteiger partial charge in [0, 0.05) is 11.3 Å². The first-order valence-electron chi connectivity index (χ1n) is 13.3. The minimum atomic E-state index is -5.04. The third-order valence-electron chi connectivity index (χ3n) is 7.66. The Labute approximate surface area is 254 Å². The van der Waals surface area contributed by atoms with E-state index in [0.717, 1.165) is 5.41 Å². The van der Waals surface area contributed by atoms with E-state index in [4.69, 9.17) is 0 Å². The van der Waals surface area contributed by atoms with Crippen LogP contribution < -0.4 is 0 Å². The first kappa shape index (κ1) is 29.5. The van der Waals surface area contributed by atoms with E-state index in [1.54, 1.807) is 36.4 Å². The number of rotatable bonds is 6. The lowest BCUT2D eigenvalue weighted by molar-refractivity contribution is -0.134. The number of sulfonamides is 2. The van der Waals surface area contributed by atoms with E-state index in [2.05, 4.69) is 0 Å². The summed E-state index contributed by atoms with van der Waals surface area (Å²) in [4.78, 5) is 29.0. The zero-order valence-electron chi connectivity index (χ0n) is 22.8. The largest absolute Gasteiger partial charge is 0.285 e. The van der Waals surface area contributed by atoms with Gasteiger partial charge in [0.15, 0.2) is 15.3 Å². The predicted octanol–water partition coefficient (Wildman–Crippen LogP) is 3.59. The first-order chi connectivity index (χ1) is 20.9. The molecule has 4 aromatic carbocycles. The van der Waals surface area contributed by atoms with Gasteiger partial charge in [-0.3, -0.25) is 9.59 Å².